The molecule has 0 atom stereocenters. The molecule has 2 heterocycles. The van der Waals surface area contributed by atoms with E-state index >= 15 is 0 Å². The summed E-state index contributed by atoms with van der Waals surface area (Å²) in [5.74, 6) is 0.603. The summed E-state index contributed by atoms with van der Waals surface area (Å²) in [4.78, 5) is 7.23. The summed E-state index contributed by atoms with van der Waals surface area (Å²) in [6, 6.07) is 60.3. The molecule has 0 saturated heterocycles. The first-order valence-electron chi connectivity index (χ1n) is 18.5. The molecule has 54 heavy (non-hydrogen) atoms. The predicted molar refractivity (Wildman–Crippen MR) is 222 cm³/mol. The van der Waals surface area contributed by atoms with Gasteiger partial charge >= 0.3 is 0 Å². The third-order valence-corrected chi connectivity index (χ3v) is 11.3. The van der Waals surface area contributed by atoms with Crippen LogP contribution >= 0.6 is 0 Å². The zero-order valence-electron chi connectivity index (χ0n) is 29.9. The van der Waals surface area contributed by atoms with E-state index in [9.17, 15) is 0 Å². The van der Waals surface area contributed by atoms with Gasteiger partial charge in [-0.1, -0.05) is 123 Å². The van der Waals surface area contributed by atoms with Gasteiger partial charge in [0.1, 0.15) is 16.7 Å². The number of anilines is 3. The van der Waals surface area contributed by atoms with Crippen LogP contribution in [0.15, 0.2) is 179 Å². The molecule has 10 aromatic rings. The lowest BCUT2D eigenvalue weighted by Gasteiger charge is -2.29. The minimum atomic E-state index is -0.0841. The second-order valence-electron chi connectivity index (χ2n) is 14.8. The summed E-state index contributed by atoms with van der Waals surface area (Å²) in [5.41, 5.74) is 14.7. The third kappa shape index (κ3) is 4.60. The highest BCUT2D eigenvalue weighted by Crippen LogP contribution is 2.51. The number of aromatic nitrogens is 1. The third-order valence-electron chi connectivity index (χ3n) is 11.3. The van der Waals surface area contributed by atoms with Crippen molar-refractivity contribution >= 4 is 60.9 Å². The summed E-state index contributed by atoms with van der Waals surface area (Å²) in [6.45, 7) is 4.66. The molecule has 0 saturated carbocycles. The van der Waals surface area contributed by atoms with Crippen molar-refractivity contribution in [3.8, 4) is 33.7 Å². The molecule has 1 aliphatic rings. The van der Waals surface area contributed by atoms with E-state index in [1.54, 1.807) is 0 Å². The zero-order valence-corrected chi connectivity index (χ0v) is 29.9. The molecule has 0 bridgehead atoms. The van der Waals surface area contributed by atoms with Crippen molar-refractivity contribution < 1.29 is 8.83 Å². The fourth-order valence-corrected chi connectivity index (χ4v) is 8.66. The van der Waals surface area contributed by atoms with Crippen LogP contribution in [0.25, 0.3) is 77.5 Å². The van der Waals surface area contributed by atoms with Gasteiger partial charge in [0.05, 0.1) is 5.69 Å². The van der Waals surface area contributed by atoms with Gasteiger partial charge in [-0.2, -0.15) is 0 Å². The SMILES string of the molecule is CC1(C)c2ccccc2-c2cc(N(c3ccc4c(c3)oc3cc5oc(-c6ccccc6)nc5cc34)c3ccccc3-c3cccc4ccccc34)ccc21. The van der Waals surface area contributed by atoms with Crippen molar-refractivity contribution in [2.75, 3.05) is 4.90 Å². The minimum Gasteiger partial charge on any atom is -0.456 e. The number of hydrogen-bond acceptors (Lipinski definition) is 4. The van der Waals surface area contributed by atoms with Gasteiger partial charge in [-0.05, 0) is 87.1 Å². The molecule has 4 heteroatoms. The van der Waals surface area contributed by atoms with Crippen molar-refractivity contribution in [2.24, 2.45) is 0 Å². The Morgan fingerprint density at radius 3 is 2.06 bits per heavy atom. The summed E-state index contributed by atoms with van der Waals surface area (Å²) in [5, 5.41) is 4.48. The highest BCUT2D eigenvalue weighted by molar-refractivity contribution is 6.10. The summed E-state index contributed by atoms with van der Waals surface area (Å²) in [7, 11) is 0. The summed E-state index contributed by atoms with van der Waals surface area (Å²) in [6.07, 6.45) is 0. The number of para-hydroxylation sites is 1. The van der Waals surface area contributed by atoms with Gasteiger partial charge in [-0.25, -0.2) is 4.98 Å². The van der Waals surface area contributed by atoms with E-state index in [-0.39, 0.29) is 5.41 Å². The number of hydrogen-bond donors (Lipinski definition) is 0. The monoisotopic (exact) mass is 694 g/mol. The topological polar surface area (TPSA) is 42.4 Å². The van der Waals surface area contributed by atoms with Crippen LogP contribution in [0.2, 0.25) is 0 Å². The molecule has 0 radical (unpaired) electrons. The normalized spacial score (nSPS) is 13.1. The molecule has 0 amide bonds. The van der Waals surface area contributed by atoms with Gasteiger partial charge in [-0.3, -0.25) is 0 Å². The standard InChI is InChI=1S/C50H34N2O2/c1-50(2)42-21-10-8-18-37(42)40-27-33(24-26-43(40)50)52(45-22-11-9-19-38(45)36-20-12-16-31-13-6-7-17-35(31)36)34-23-25-39-41-29-44-48(30-47(41)53-46(39)28-34)54-49(51-44)32-14-4-3-5-15-32/h3-30H,1-2H3. The van der Waals surface area contributed by atoms with E-state index in [1.165, 1.54) is 38.6 Å². The quantitative estimate of drug-likeness (QED) is 0.180. The van der Waals surface area contributed by atoms with Crippen LogP contribution in [-0.2, 0) is 5.41 Å². The molecule has 1 aliphatic carbocycles. The van der Waals surface area contributed by atoms with Gasteiger partial charge in [0.15, 0.2) is 5.58 Å². The largest absolute Gasteiger partial charge is 0.456 e. The molecule has 0 aliphatic heterocycles. The lowest BCUT2D eigenvalue weighted by molar-refractivity contribution is 0.617. The van der Waals surface area contributed by atoms with Crippen molar-refractivity contribution in [1.29, 1.82) is 0 Å². The van der Waals surface area contributed by atoms with E-state index in [1.807, 2.05) is 36.4 Å². The molecule has 11 rings (SSSR count). The number of rotatable bonds is 5. The molecular formula is C50H34N2O2. The number of fused-ring (bicyclic) bond motifs is 8. The number of oxazole rings is 1. The maximum atomic E-state index is 6.64. The first kappa shape index (κ1) is 30.7. The second-order valence-corrected chi connectivity index (χ2v) is 14.8. The molecule has 0 unspecified atom stereocenters. The Bertz CT molecular complexity index is 3090. The van der Waals surface area contributed by atoms with E-state index in [0.717, 1.165) is 55.6 Å². The smallest absolute Gasteiger partial charge is 0.227 e. The number of nitrogens with zero attached hydrogens (tertiary/aromatic N) is 2. The Hall–Kier alpha value is -6.91. The number of benzene rings is 8. The number of furan rings is 1. The van der Waals surface area contributed by atoms with E-state index in [2.05, 4.69) is 152 Å². The van der Waals surface area contributed by atoms with Gasteiger partial charge in [0.25, 0.3) is 0 Å². The Balaban J connectivity index is 1.12. The first-order chi connectivity index (χ1) is 26.5. The van der Waals surface area contributed by atoms with Crippen LogP contribution in [0.4, 0.5) is 17.1 Å². The fraction of sp³-hybridized carbons (Fsp3) is 0.0600. The maximum absolute atomic E-state index is 6.64. The molecular weight excluding hydrogens is 661 g/mol. The van der Waals surface area contributed by atoms with Crippen LogP contribution in [0.3, 0.4) is 0 Å². The van der Waals surface area contributed by atoms with Gasteiger partial charge in [0.2, 0.25) is 5.89 Å². The van der Waals surface area contributed by atoms with Crippen LogP contribution < -0.4 is 4.90 Å². The highest BCUT2D eigenvalue weighted by Gasteiger charge is 2.35. The van der Waals surface area contributed by atoms with Gasteiger partial charge < -0.3 is 13.7 Å². The van der Waals surface area contributed by atoms with Crippen molar-refractivity contribution in [2.45, 2.75) is 19.3 Å². The van der Waals surface area contributed by atoms with Crippen molar-refractivity contribution in [3.63, 3.8) is 0 Å². The predicted octanol–water partition coefficient (Wildman–Crippen LogP) is 14.0. The van der Waals surface area contributed by atoms with Gasteiger partial charge in [0, 0.05) is 50.8 Å². The summed E-state index contributed by atoms with van der Waals surface area (Å²) >= 11 is 0. The lowest BCUT2D eigenvalue weighted by Crippen LogP contribution is -2.15. The van der Waals surface area contributed by atoms with E-state index < -0.39 is 0 Å². The Morgan fingerprint density at radius 2 is 1.15 bits per heavy atom. The Kier molecular flexibility index (Phi) is 6.56. The fourth-order valence-electron chi connectivity index (χ4n) is 8.66. The molecule has 0 spiro atoms. The Labute approximate surface area is 312 Å². The minimum absolute atomic E-state index is 0.0841. The average Bonchev–Trinajstić information content (AvgIpc) is 3.86. The second kappa shape index (κ2) is 11.5. The van der Waals surface area contributed by atoms with Crippen LogP contribution in [0, 0.1) is 0 Å². The molecule has 8 aromatic carbocycles. The van der Waals surface area contributed by atoms with Crippen LogP contribution in [-0.4, -0.2) is 4.98 Å². The molecule has 0 N–H and O–H groups in total. The lowest BCUT2D eigenvalue weighted by atomic mass is 9.82. The van der Waals surface area contributed by atoms with Crippen LogP contribution in [0.1, 0.15) is 25.0 Å². The van der Waals surface area contributed by atoms with Crippen LogP contribution in [0.5, 0.6) is 0 Å². The maximum Gasteiger partial charge on any atom is 0.227 e. The first-order valence-corrected chi connectivity index (χ1v) is 18.5. The zero-order chi connectivity index (χ0) is 36.0. The van der Waals surface area contributed by atoms with E-state index in [4.69, 9.17) is 13.8 Å². The molecule has 256 valence electrons. The van der Waals surface area contributed by atoms with E-state index in [0.29, 0.717) is 11.5 Å². The summed E-state index contributed by atoms with van der Waals surface area (Å²) < 4.78 is 12.9. The molecule has 0 fully saturated rings. The van der Waals surface area contributed by atoms with Crippen molar-refractivity contribution in [3.05, 3.63) is 181 Å². The molecule has 4 nitrogen and oxygen atoms in total. The Morgan fingerprint density at radius 1 is 0.463 bits per heavy atom. The van der Waals surface area contributed by atoms with Gasteiger partial charge in [-0.15, -0.1) is 0 Å². The highest BCUT2D eigenvalue weighted by atomic mass is 16.4. The molecule has 2 aromatic heterocycles. The van der Waals surface area contributed by atoms with Crippen molar-refractivity contribution in [1.82, 2.24) is 4.98 Å². The average molecular weight is 695 g/mol.